The van der Waals surface area contributed by atoms with Gasteiger partial charge in [-0.2, -0.15) is 11.8 Å². The number of aryl methyl sites for hydroxylation is 1. The summed E-state index contributed by atoms with van der Waals surface area (Å²) < 4.78 is 0. The van der Waals surface area contributed by atoms with Crippen molar-refractivity contribution in [2.24, 2.45) is 0 Å². The first kappa shape index (κ1) is 14.9. The lowest BCUT2D eigenvalue weighted by atomic mass is 10.1. The molecule has 3 nitrogen and oxygen atoms in total. The van der Waals surface area contributed by atoms with E-state index in [1.54, 1.807) is 28.8 Å². The van der Waals surface area contributed by atoms with Crippen LogP contribution in [0.4, 0.5) is 0 Å². The van der Waals surface area contributed by atoms with E-state index in [9.17, 15) is 9.90 Å². The maximum absolute atomic E-state index is 12.2. The van der Waals surface area contributed by atoms with Crippen LogP contribution in [0.5, 0.6) is 5.75 Å². The summed E-state index contributed by atoms with van der Waals surface area (Å²) in [6.45, 7) is 3.86. The van der Waals surface area contributed by atoms with Gasteiger partial charge >= 0.3 is 0 Å². The fourth-order valence-corrected chi connectivity index (χ4v) is 2.21. The SMILES string of the molecule is CSCCC(C)N(C)C(=O)c1ccc(C)c(O)c1. The van der Waals surface area contributed by atoms with Crippen LogP contribution < -0.4 is 0 Å². The number of thioether (sulfide) groups is 1. The van der Waals surface area contributed by atoms with E-state index in [0.717, 1.165) is 17.7 Å². The maximum atomic E-state index is 12.2. The average molecular weight is 267 g/mol. The maximum Gasteiger partial charge on any atom is 0.253 e. The topological polar surface area (TPSA) is 40.5 Å². The number of phenols is 1. The molecule has 100 valence electrons. The summed E-state index contributed by atoms with van der Waals surface area (Å²) in [5.74, 6) is 1.17. The van der Waals surface area contributed by atoms with E-state index in [4.69, 9.17) is 0 Å². The Hall–Kier alpha value is -1.16. The van der Waals surface area contributed by atoms with Crippen LogP contribution in [-0.4, -0.2) is 41.0 Å². The number of phenolic OH excluding ortho intramolecular Hbond substituents is 1. The molecule has 1 aromatic carbocycles. The Bertz CT molecular complexity index is 420. The molecule has 1 unspecified atom stereocenters. The fraction of sp³-hybridized carbons (Fsp3) is 0.500. The molecule has 0 fully saturated rings. The number of hydrogen-bond acceptors (Lipinski definition) is 3. The summed E-state index contributed by atoms with van der Waals surface area (Å²) in [4.78, 5) is 14.0. The van der Waals surface area contributed by atoms with Crippen molar-refractivity contribution in [2.45, 2.75) is 26.3 Å². The molecule has 18 heavy (non-hydrogen) atoms. The zero-order valence-corrected chi connectivity index (χ0v) is 12.3. The van der Waals surface area contributed by atoms with Crippen LogP contribution >= 0.6 is 11.8 Å². The van der Waals surface area contributed by atoms with Gasteiger partial charge < -0.3 is 10.0 Å². The molecule has 1 aromatic rings. The van der Waals surface area contributed by atoms with Crippen LogP contribution in [0.2, 0.25) is 0 Å². The molecule has 0 spiro atoms. The van der Waals surface area contributed by atoms with E-state index in [1.807, 2.05) is 20.9 Å². The minimum atomic E-state index is -0.0427. The molecule has 0 aromatic heterocycles. The molecular formula is C14H21NO2S. The van der Waals surface area contributed by atoms with E-state index in [-0.39, 0.29) is 17.7 Å². The molecule has 0 aliphatic rings. The zero-order chi connectivity index (χ0) is 13.7. The Kier molecular flexibility index (Phi) is 5.54. The molecular weight excluding hydrogens is 246 g/mol. The first-order valence-corrected chi connectivity index (χ1v) is 7.42. The molecule has 1 atom stereocenters. The normalized spacial score (nSPS) is 12.2. The molecule has 4 heteroatoms. The van der Waals surface area contributed by atoms with Crippen molar-refractivity contribution in [3.05, 3.63) is 29.3 Å². The number of nitrogens with zero attached hydrogens (tertiary/aromatic N) is 1. The summed E-state index contributed by atoms with van der Waals surface area (Å²) >= 11 is 1.78. The van der Waals surface area contributed by atoms with Gasteiger partial charge in [0, 0.05) is 18.7 Å². The van der Waals surface area contributed by atoms with Gasteiger partial charge in [-0.15, -0.1) is 0 Å². The van der Waals surface area contributed by atoms with Crippen LogP contribution in [0.15, 0.2) is 18.2 Å². The largest absolute Gasteiger partial charge is 0.508 e. The number of aromatic hydroxyl groups is 1. The monoisotopic (exact) mass is 267 g/mol. The third-order valence-electron chi connectivity index (χ3n) is 3.18. The third-order valence-corrected chi connectivity index (χ3v) is 3.82. The minimum Gasteiger partial charge on any atom is -0.508 e. The van der Waals surface area contributed by atoms with Gasteiger partial charge in [-0.3, -0.25) is 4.79 Å². The number of benzene rings is 1. The predicted octanol–water partition coefficient (Wildman–Crippen LogP) is 2.91. The first-order valence-electron chi connectivity index (χ1n) is 6.03. The number of carbonyl (C=O) groups is 1. The molecule has 0 saturated heterocycles. The molecule has 0 radical (unpaired) electrons. The Morgan fingerprint density at radius 2 is 2.17 bits per heavy atom. The summed E-state index contributed by atoms with van der Waals surface area (Å²) in [7, 11) is 1.81. The van der Waals surface area contributed by atoms with Crippen molar-refractivity contribution in [3.63, 3.8) is 0 Å². The van der Waals surface area contributed by atoms with E-state index in [0.29, 0.717) is 5.56 Å². The molecule has 1 N–H and O–H groups in total. The molecule has 0 aliphatic carbocycles. The van der Waals surface area contributed by atoms with Gasteiger partial charge in [-0.1, -0.05) is 6.07 Å². The highest BCUT2D eigenvalue weighted by molar-refractivity contribution is 7.98. The van der Waals surface area contributed by atoms with E-state index >= 15 is 0 Å². The summed E-state index contributed by atoms with van der Waals surface area (Å²) in [5.41, 5.74) is 1.32. The van der Waals surface area contributed by atoms with Crippen LogP contribution in [0.1, 0.15) is 29.3 Å². The lowest BCUT2D eigenvalue weighted by Gasteiger charge is -2.25. The third kappa shape index (κ3) is 3.67. The van der Waals surface area contributed by atoms with E-state index in [1.165, 1.54) is 6.07 Å². The second-order valence-corrected chi connectivity index (χ2v) is 5.53. The van der Waals surface area contributed by atoms with Crippen LogP contribution in [0.25, 0.3) is 0 Å². The van der Waals surface area contributed by atoms with Crippen LogP contribution in [0, 0.1) is 6.92 Å². The van der Waals surface area contributed by atoms with Gasteiger partial charge in [0.2, 0.25) is 0 Å². The van der Waals surface area contributed by atoms with Crippen molar-refractivity contribution >= 4 is 17.7 Å². The van der Waals surface area contributed by atoms with E-state index in [2.05, 4.69) is 6.26 Å². The minimum absolute atomic E-state index is 0.0427. The lowest BCUT2D eigenvalue weighted by molar-refractivity contribution is 0.0741. The second-order valence-electron chi connectivity index (χ2n) is 4.55. The standard InChI is InChI=1S/C14H21NO2S/c1-10-5-6-12(9-13(10)16)14(17)15(3)11(2)7-8-18-4/h5-6,9,11,16H,7-8H2,1-4H3. The molecule has 0 saturated carbocycles. The first-order chi connectivity index (χ1) is 8.47. The summed E-state index contributed by atoms with van der Waals surface area (Å²) in [6, 6.07) is 5.27. The molecule has 1 rings (SSSR count). The van der Waals surface area contributed by atoms with Crippen LogP contribution in [-0.2, 0) is 0 Å². The summed E-state index contributed by atoms with van der Waals surface area (Å²) in [6.07, 6.45) is 3.04. The molecule has 0 aliphatic heterocycles. The zero-order valence-electron chi connectivity index (χ0n) is 11.4. The average Bonchev–Trinajstić information content (AvgIpc) is 2.37. The quantitative estimate of drug-likeness (QED) is 0.891. The Morgan fingerprint density at radius 3 is 2.72 bits per heavy atom. The summed E-state index contributed by atoms with van der Waals surface area (Å²) in [5, 5.41) is 9.64. The van der Waals surface area contributed by atoms with Crippen molar-refractivity contribution in [1.82, 2.24) is 4.90 Å². The highest BCUT2D eigenvalue weighted by Gasteiger charge is 2.17. The van der Waals surface area contributed by atoms with Crippen molar-refractivity contribution < 1.29 is 9.90 Å². The van der Waals surface area contributed by atoms with Gasteiger partial charge in [0.05, 0.1) is 0 Å². The molecule has 1 amide bonds. The lowest BCUT2D eigenvalue weighted by Crippen LogP contribution is -2.35. The number of hydrogen-bond donors (Lipinski definition) is 1. The fourth-order valence-electron chi connectivity index (χ4n) is 1.63. The molecule has 0 heterocycles. The van der Waals surface area contributed by atoms with Crippen molar-refractivity contribution in [3.8, 4) is 5.75 Å². The number of amides is 1. The Morgan fingerprint density at radius 1 is 1.50 bits per heavy atom. The number of rotatable bonds is 5. The van der Waals surface area contributed by atoms with Crippen molar-refractivity contribution in [1.29, 1.82) is 0 Å². The van der Waals surface area contributed by atoms with E-state index < -0.39 is 0 Å². The van der Waals surface area contributed by atoms with Gasteiger partial charge in [0.1, 0.15) is 5.75 Å². The number of carbonyl (C=O) groups excluding carboxylic acids is 1. The Balaban J connectivity index is 2.76. The van der Waals surface area contributed by atoms with Gasteiger partial charge in [-0.25, -0.2) is 0 Å². The van der Waals surface area contributed by atoms with Gasteiger partial charge in [0.15, 0.2) is 0 Å². The second kappa shape index (κ2) is 6.69. The Labute approximate surface area is 113 Å². The van der Waals surface area contributed by atoms with Gasteiger partial charge in [-0.05, 0) is 50.0 Å². The predicted molar refractivity (Wildman–Crippen MR) is 77.4 cm³/mol. The molecule has 0 bridgehead atoms. The highest BCUT2D eigenvalue weighted by atomic mass is 32.2. The smallest absolute Gasteiger partial charge is 0.253 e. The van der Waals surface area contributed by atoms with Gasteiger partial charge in [0.25, 0.3) is 5.91 Å². The van der Waals surface area contributed by atoms with Crippen molar-refractivity contribution in [2.75, 3.05) is 19.1 Å². The highest BCUT2D eigenvalue weighted by Crippen LogP contribution is 2.19. The van der Waals surface area contributed by atoms with Crippen LogP contribution in [0.3, 0.4) is 0 Å².